The van der Waals surface area contributed by atoms with Gasteiger partial charge in [-0.3, -0.25) is 4.99 Å². The lowest BCUT2D eigenvalue weighted by Crippen LogP contribution is -2.51. The summed E-state index contributed by atoms with van der Waals surface area (Å²) in [6, 6.07) is 0.132. The molecule has 0 saturated heterocycles. The SMILES string of the molecule is CC(C)N=CC1=[N+]([O-])C(C)(C)N(O)C1(C)C. The lowest BCUT2D eigenvalue weighted by atomic mass is 9.99. The number of hydrogen-bond donors (Lipinski definition) is 1. The van der Waals surface area contributed by atoms with E-state index in [-0.39, 0.29) is 6.04 Å². The van der Waals surface area contributed by atoms with Crippen molar-refractivity contribution in [2.75, 3.05) is 0 Å². The van der Waals surface area contributed by atoms with E-state index in [1.807, 2.05) is 13.8 Å². The second kappa shape index (κ2) is 3.82. The molecule has 1 aliphatic heterocycles. The molecule has 92 valence electrons. The molecule has 5 nitrogen and oxygen atoms in total. The fourth-order valence-electron chi connectivity index (χ4n) is 1.85. The Balaban J connectivity index is 3.19. The Morgan fingerprint density at radius 3 is 2.19 bits per heavy atom. The van der Waals surface area contributed by atoms with E-state index in [1.165, 1.54) is 0 Å². The molecule has 0 unspecified atom stereocenters. The zero-order valence-corrected chi connectivity index (χ0v) is 10.9. The van der Waals surface area contributed by atoms with Gasteiger partial charge >= 0.3 is 0 Å². The summed E-state index contributed by atoms with van der Waals surface area (Å²) >= 11 is 0. The molecule has 1 rings (SSSR count). The van der Waals surface area contributed by atoms with Crippen LogP contribution in [0.3, 0.4) is 0 Å². The van der Waals surface area contributed by atoms with Gasteiger partial charge in [-0.15, -0.1) is 5.06 Å². The first-order valence-electron chi connectivity index (χ1n) is 5.49. The minimum atomic E-state index is -0.957. The average molecular weight is 227 g/mol. The van der Waals surface area contributed by atoms with Gasteiger partial charge in [0.2, 0.25) is 11.4 Å². The Kier molecular flexibility index (Phi) is 3.13. The molecule has 1 N–H and O–H groups in total. The topological polar surface area (TPSA) is 61.9 Å². The summed E-state index contributed by atoms with van der Waals surface area (Å²) in [5.74, 6) is 0. The molecule has 0 aromatic rings. The standard InChI is InChI=1S/C11H21N3O2/c1-8(2)12-7-9-10(3,4)14(16)11(5,6)13(9)15/h7-8,16H,1-6H3. The summed E-state index contributed by atoms with van der Waals surface area (Å²) in [4.78, 5) is 4.21. The monoisotopic (exact) mass is 227 g/mol. The van der Waals surface area contributed by atoms with Crippen molar-refractivity contribution in [2.24, 2.45) is 4.99 Å². The van der Waals surface area contributed by atoms with Crippen LogP contribution in [-0.4, -0.2) is 44.2 Å². The molecule has 1 aliphatic rings. The fourth-order valence-corrected chi connectivity index (χ4v) is 1.85. The summed E-state index contributed by atoms with van der Waals surface area (Å²) in [6.45, 7) is 10.8. The van der Waals surface area contributed by atoms with Crippen LogP contribution >= 0.6 is 0 Å². The van der Waals surface area contributed by atoms with Crippen LogP contribution in [0.25, 0.3) is 0 Å². The van der Waals surface area contributed by atoms with Crippen molar-refractivity contribution in [3.63, 3.8) is 0 Å². The smallest absolute Gasteiger partial charge is 0.245 e. The molecule has 16 heavy (non-hydrogen) atoms. The number of rotatable bonds is 2. The highest BCUT2D eigenvalue weighted by atomic mass is 16.6. The lowest BCUT2D eigenvalue weighted by Gasteiger charge is -2.29. The van der Waals surface area contributed by atoms with Gasteiger partial charge in [-0.05, 0) is 27.7 Å². The second-order valence-electron chi connectivity index (χ2n) is 5.42. The number of nitrogens with zero attached hydrogens (tertiary/aromatic N) is 3. The molecule has 0 radical (unpaired) electrons. The summed E-state index contributed by atoms with van der Waals surface area (Å²) in [7, 11) is 0. The van der Waals surface area contributed by atoms with Crippen LogP contribution in [-0.2, 0) is 0 Å². The van der Waals surface area contributed by atoms with Crippen molar-refractivity contribution in [3.8, 4) is 0 Å². The van der Waals surface area contributed by atoms with E-state index < -0.39 is 11.2 Å². The van der Waals surface area contributed by atoms with Gasteiger partial charge < -0.3 is 10.4 Å². The summed E-state index contributed by atoms with van der Waals surface area (Å²) in [6.07, 6.45) is 1.57. The minimum absolute atomic E-state index is 0.132. The van der Waals surface area contributed by atoms with Crippen molar-refractivity contribution in [1.29, 1.82) is 0 Å². The normalized spacial score (nSPS) is 25.0. The maximum Gasteiger partial charge on any atom is 0.245 e. The Hall–Kier alpha value is -0.940. The Morgan fingerprint density at radius 1 is 1.38 bits per heavy atom. The van der Waals surface area contributed by atoms with E-state index in [2.05, 4.69) is 4.99 Å². The van der Waals surface area contributed by atoms with Gasteiger partial charge in [-0.2, -0.15) is 4.74 Å². The van der Waals surface area contributed by atoms with Gasteiger partial charge in [0.25, 0.3) is 0 Å². The van der Waals surface area contributed by atoms with E-state index in [0.29, 0.717) is 5.71 Å². The molecule has 0 spiro atoms. The molecule has 0 fully saturated rings. The predicted molar refractivity (Wildman–Crippen MR) is 64.0 cm³/mol. The quantitative estimate of drug-likeness (QED) is 0.443. The van der Waals surface area contributed by atoms with Gasteiger partial charge in [0.05, 0.1) is 6.21 Å². The van der Waals surface area contributed by atoms with E-state index in [0.717, 1.165) is 9.80 Å². The van der Waals surface area contributed by atoms with E-state index in [4.69, 9.17) is 0 Å². The first kappa shape index (κ1) is 13.1. The van der Waals surface area contributed by atoms with Crippen molar-refractivity contribution < 1.29 is 9.95 Å². The molecular formula is C11H21N3O2. The molecule has 0 amide bonds. The van der Waals surface area contributed by atoms with Crippen LogP contribution in [0.15, 0.2) is 4.99 Å². The second-order valence-corrected chi connectivity index (χ2v) is 5.42. The highest BCUT2D eigenvalue weighted by Gasteiger charge is 2.55. The fraction of sp³-hybridized carbons (Fsp3) is 0.818. The first-order valence-corrected chi connectivity index (χ1v) is 5.49. The van der Waals surface area contributed by atoms with Crippen molar-refractivity contribution >= 4 is 11.9 Å². The Labute approximate surface area is 96.6 Å². The highest BCUT2D eigenvalue weighted by Crippen LogP contribution is 2.31. The number of hydrogen-bond acceptors (Lipinski definition) is 4. The molecule has 1 heterocycles. The lowest BCUT2D eigenvalue weighted by molar-refractivity contribution is -0.579. The van der Waals surface area contributed by atoms with Crippen LogP contribution in [0.1, 0.15) is 41.5 Å². The van der Waals surface area contributed by atoms with E-state index in [9.17, 15) is 10.4 Å². The van der Waals surface area contributed by atoms with Gasteiger partial charge in [0.15, 0.2) is 0 Å². The number of aliphatic imine (C=N–C) groups is 1. The summed E-state index contributed by atoms with van der Waals surface area (Å²) < 4.78 is 0.818. The molecule has 0 bridgehead atoms. The van der Waals surface area contributed by atoms with Crippen LogP contribution in [0.5, 0.6) is 0 Å². The summed E-state index contributed by atoms with van der Waals surface area (Å²) in [5.41, 5.74) is -1.19. The number of hydroxylamine groups is 3. The zero-order chi connectivity index (χ0) is 12.7. The molecule has 0 aromatic carbocycles. The van der Waals surface area contributed by atoms with Gasteiger partial charge in [0, 0.05) is 19.9 Å². The van der Waals surface area contributed by atoms with Crippen molar-refractivity contribution in [3.05, 3.63) is 5.21 Å². The average Bonchev–Trinajstić information content (AvgIpc) is 2.24. The largest absolute Gasteiger partial charge is 0.622 e. The van der Waals surface area contributed by atoms with Crippen LogP contribution in [0, 0.1) is 5.21 Å². The van der Waals surface area contributed by atoms with E-state index >= 15 is 0 Å². The van der Waals surface area contributed by atoms with Crippen molar-refractivity contribution in [2.45, 2.75) is 58.8 Å². The molecule has 0 aliphatic carbocycles. The maximum atomic E-state index is 12.1. The highest BCUT2D eigenvalue weighted by molar-refractivity contribution is 6.32. The third kappa shape index (κ3) is 1.85. The van der Waals surface area contributed by atoms with Gasteiger partial charge in [0.1, 0.15) is 5.54 Å². The Bertz CT molecular complexity index is 343. The molecule has 0 aromatic heterocycles. The van der Waals surface area contributed by atoms with Crippen molar-refractivity contribution in [1.82, 2.24) is 5.06 Å². The summed E-state index contributed by atoms with van der Waals surface area (Å²) in [5, 5.41) is 23.1. The van der Waals surface area contributed by atoms with Crippen LogP contribution in [0.4, 0.5) is 0 Å². The zero-order valence-electron chi connectivity index (χ0n) is 10.9. The van der Waals surface area contributed by atoms with Gasteiger partial charge in [-0.25, -0.2) is 0 Å². The molecule has 0 atom stereocenters. The van der Waals surface area contributed by atoms with E-state index in [1.54, 1.807) is 33.9 Å². The predicted octanol–water partition coefficient (Wildman–Crippen LogP) is 1.64. The van der Waals surface area contributed by atoms with Crippen LogP contribution < -0.4 is 0 Å². The Morgan fingerprint density at radius 2 is 1.88 bits per heavy atom. The minimum Gasteiger partial charge on any atom is -0.622 e. The molecular weight excluding hydrogens is 206 g/mol. The van der Waals surface area contributed by atoms with Crippen LogP contribution in [0.2, 0.25) is 0 Å². The molecule has 0 saturated carbocycles. The first-order chi connectivity index (χ1) is 7.11. The third-order valence-corrected chi connectivity index (χ3v) is 2.89. The van der Waals surface area contributed by atoms with Gasteiger partial charge in [-0.1, -0.05) is 0 Å². The maximum absolute atomic E-state index is 12.1. The molecule has 5 heteroatoms. The third-order valence-electron chi connectivity index (χ3n) is 2.89.